The van der Waals surface area contributed by atoms with Crippen molar-refractivity contribution in [2.75, 3.05) is 13.1 Å². The van der Waals surface area contributed by atoms with Gasteiger partial charge in [-0.3, -0.25) is 9.69 Å². The van der Waals surface area contributed by atoms with Crippen LogP contribution in [0.1, 0.15) is 86.0 Å². The molecule has 1 aliphatic heterocycles. The fourth-order valence-corrected chi connectivity index (χ4v) is 5.53. The molecule has 3 heterocycles. The maximum absolute atomic E-state index is 13.4. The number of hydrogen-bond donors (Lipinski definition) is 1. The molecule has 31 heavy (non-hydrogen) atoms. The Hall–Kier alpha value is -2.54. The van der Waals surface area contributed by atoms with Gasteiger partial charge in [0, 0.05) is 16.5 Å². The molecule has 2 fully saturated rings. The van der Waals surface area contributed by atoms with Crippen LogP contribution in [0.5, 0.6) is 0 Å². The lowest BCUT2D eigenvalue weighted by Gasteiger charge is -2.30. The second-order valence-corrected chi connectivity index (χ2v) is 9.37. The molecule has 1 N–H and O–H groups in total. The first-order valence-electron chi connectivity index (χ1n) is 11.8. The van der Waals surface area contributed by atoms with E-state index in [4.69, 9.17) is 0 Å². The van der Waals surface area contributed by atoms with Gasteiger partial charge in [-0.2, -0.15) is 0 Å². The van der Waals surface area contributed by atoms with Crippen molar-refractivity contribution in [3.8, 4) is 0 Å². The molecule has 1 saturated carbocycles. The number of likely N-dealkylation sites (tertiary alicyclic amines) is 1. The fraction of sp³-hybridized carbons (Fsp3) is 0.583. The van der Waals surface area contributed by atoms with Crippen LogP contribution in [0.15, 0.2) is 23.0 Å². The molecular weight excluding hydrogens is 388 g/mol. The van der Waals surface area contributed by atoms with Crippen LogP contribution in [0.25, 0.3) is 10.9 Å². The lowest BCUT2D eigenvalue weighted by atomic mass is 9.99. The molecule has 164 valence electrons. The summed E-state index contributed by atoms with van der Waals surface area (Å²) in [5, 5.41) is 14.1. The molecule has 2 aromatic heterocycles. The van der Waals surface area contributed by atoms with E-state index in [0.717, 1.165) is 66.6 Å². The quantitative estimate of drug-likeness (QED) is 0.684. The number of aromatic amines is 1. The van der Waals surface area contributed by atoms with Gasteiger partial charge in [-0.1, -0.05) is 31.7 Å². The third-order valence-electron chi connectivity index (χ3n) is 7.08. The summed E-state index contributed by atoms with van der Waals surface area (Å²) in [6.07, 6.45) is 9.41. The number of aryl methyl sites for hydroxylation is 2. The summed E-state index contributed by atoms with van der Waals surface area (Å²) in [5.74, 6) is 0.823. The van der Waals surface area contributed by atoms with E-state index in [1.54, 1.807) is 0 Å². The number of benzene rings is 1. The Balaban J connectivity index is 1.67. The summed E-state index contributed by atoms with van der Waals surface area (Å²) >= 11 is 0. The van der Waals surface area contributed by atoms with Gasteiger partial charge < -0.3 is 4.98 Å². The normalized spacial score (nSPS) is 19.7. The van der Waals surface area contributed by atoms with Gasteiger partial charge in [0.1, 0.15) is 6.04 Å². The summed E-state index contributed by atoms with van der Waals surface area (Å²) in [6, 6.07) is 6.43. The zero-order valence-corrected chi connectivity index (χ0v) is 18.6. The van der Waals surface area contributed by atoms with E-state index in [2.05, 4.69) is 57.5 Å². The zero-order valence-electron chi connectivity index (χ0n) is 18.6. The van der Waals surface area contributed by atoms with E-state index in [0.29, 0.717) is 6.04 Å². The molecule has 5 rings (SSSR count). The lowest BCUT2D eigenvalue weighted by molar-refractivity contribution is 0.216. The maximum atomic E-state index is 13.4. The van der Waals surface area contributed by atoms with Crippen molar-refractivity contribution >= 4 is 10.9 Å². The highest BCUT2D eigenvalue weighted by Gasteiger charge is 2.33. The van der Waals surface area contributed by atoms with Gasteiger partial charge >= 0.3 is 0 Å². The number of H-pyrrole nitrogens is 1. The van der Waals surface area contributed by atoms with Crippen LogP contribution >= 0.6 is 0 Å². The molecule has 7 nitrogen and oxygen atoms in total. The molecule has 2 aliphatic rings. The van der Waals surface area contributed by atoms with Gasteiger partial charge in [0.05, 0.1) is 6.04 Å². The standard InChI is InChI=1S/C24H32N6O/c1-16-13-17(2)19-15-20(24(31)25-21(19)14-16)22(29-11-7-3-4-8-12-29)23-26-27-28-30(23)18-9-5-6-10-18/h13-15,18,22H,3-12H2,1-2H3,(H,25,31)/t22-/m1/s1. The van der Waals surface area contributed by atoms with Crippen LogP contribution < -0.4 is 5.56 Å². The number of tetrazole rings is 1. The average molecular weight is 421 g/mol. The van der Waals surface area contributed by atoms with Crippen LogP contribution in [-0.2, 0) is 0 Å². The van der Waals surface area contributed by atoms with Crippen LogP contribution in [0, 0.1) is 13.8 Å². The number of aromatic nitrogens is 5. The molecule has 0 spiro atoms. The van der Waals surface area contributed by atoms with E-state index in [9.17, 15) is 4.79 Å². The van der Waals surface area contributed by atoms with E-state index >= 15 is 0 Å². The number of rotatable bonds is 4. The maximum Gasteiger partial charge on any atom is 0.253 e. The third kappa shape index (κ3) is 3.91. The first-order chi connectivity index (χ1) is 15.1. The predicted molar refractivity (Wildman–Crippen MR) is 121 cm³/mol. The van der Waals surface area contributed by atoms with Crippen molar-refractivity contribution in [2.24, 2.45) is 0 Å². The van der Waals surface area contributed by atoms with Gasteiger partial charge in [-0.05, 0) is 86.3 Å². The van der Waals surface area contributed by atoms with E-state index in [1.807, 2.05) is 4.68 Å². The smallest absolute Gasteiger partial charge is 0.253 e. The van der Waals surface area contributed by atoms with Gasteiger partial charge in [-0.15, -0.1) is 5.10 Å². The highest BCUT2D eigenvalue weighted by molar-refractivity contribution is 5.83. The Bertz CT molecular complexity index is 1120. The minimum Gasteiger partial charge on any atom is -0.322 e. The Morgan fingerprint density at radius 1 is 1.00 bits per heavy atom. The fourth-order valence-electron chi connectivity index (χ4n) is 5.53. The number of nitrogens with one attached hydrogen (secondary N) is 1. The Kier molecular flexibility index (Phi) is 5.61. The van der Waals surface area contributed by atoms with Crippen molar-refractivity contribution in [3.05, 3.63) is 51.1 Å². The van der Waals surface area contributed by atoms with Gasteiger partial charge in [0.2, 0.25) is 0 Å². The number of fused-ring (bicyclic) bond motifs is 1. The molecule has 1 aliphatic carbocycles. The Labute approximate surface area is 182 Å². The Morgan fingerprint density at radius 2 is 1.74 bits per heavy atom. The molecule has 0 amide bonds. The monoisotopic (exact) mass is 420 g/mol. The lowest BCUT2D eigenvalue weighted by Crippen LogP contribution is -2.36. The summed E-state index contributed by atoms with van der Waals surface area (Å²) < 4.78 is 2.02. The number of hydrogen-bond acceptors (Lipinski definition) is 5. The molecule has 1 saturated heterocycles. The number of nitrogens with zero attached hydrogens (tertiary/aromatic N) is 5. The number of pyridine rings is 1. The average Bonchev–Trinajstić information content (AvgIpc) is 3.36. The van der Waals surface area contributed by atoms with E-state index in [-0.39, 0.29) is 11.6 Å². The van der Waals surface area contributed by atoms with Gasteiger partial charge in [-0.25, -0.2) is 4.68 Å². The Morgan fingerprint density at radius 3 is 2.48 bits per heavy atom. The minimum absolute atomic E-state index is 0.0345. The van der Waals surface area contributed by atoms with Crippen molar-refractivity contribution < 1.29 is 0 Å². The van der Waals surface area contributed by atoms with Gasteiger partial charge in [0.25, 0.3) is 5.56 Å². The molecule has 0 unspecified atom stereocenters. The SMILES string of the molecule is Cc1cc(C)c2cc([C@H](c3nnnn3C3CCCC3)N3CCCCCC3)c(=O)[nH]c2c1. The van der Waals surface area contributed by atoms with Crippen molar-refractivity contribution in [1.82, 2.24) is 30.1 Å². The van der Waals surface area contributed by atoms with Crippen molar-refractivity contribution in [1.29, 1.82) is 0 Å². The van der Waals surface area contributed by atoms with E-state index in [1.165, 1.54) is 31.2 Å². The van der Waals surface area contributed by atoms with Crippen LogP contribution in [0.4, 0.5) is 0 Å². The zero-order chi connectivity index (χ0) is 21.4. The van der Waals surface area contributed by atoms with Crippen LogP contribution in [0.3, 0.4) is 0 Å². The van der Waals surface area contributed by atoms with Gasteiger partial charge in [0.15, 0.2) is 5.82 Å². The molecule has 7 heteroatoms. The molecular formula is C24H32N6O. The second kappa shape index (κ2) is 8.54. The topological polar surface area (TPSA) is 79.7 Å². The molecule has 1 aromatic carbocycles. The first kappa shape index (κ1) is 20.4. The predicted octanol–water partition coefficient (Wildman–Crippen LogP) is 4.21. The van der Waals surface area contributed by atoms with Crippen molar-refractivity contribution in [2.45, 2.75) is 77.3 Å². The highest BCUT2D eigenvalue weighted by Crippen LogP contribution is 2.35. The summed E-state index contributed by atoms with van der Waals surface area (Å²) in [4.78, 5) is 19.0. The summed E-state index contributed by atoms with van der Waals surface area (Å²) in [5.41, 5.74) is 3.96. The summed E-state index contributed by atoms with van der Waals surface area (Å²) in [6.45, 7) is 6.11. The molecule has 3 aromatic rings. The second-order valence-electron chi connectivity index (χ2n) is 9.37. The summed E-state index contributed by atoms with van der Waals surface area (Å²) in [7, 11) is 0. The van der Waals surface area contributed by atoms with Crippen LogP contribution in [-0.4, -0.2) is 43.2 Å². The van der Waals surface area contributed by atoms with Crippen molar-refractivity contribution in [3.63, 3.8) is 0 Å². The molecule has 0 bridgehead atoms. The van der Waals surface area contributed by atoms with E-state index < -0.39 is 0 Å². The largest absolute Gasteiger partial charge is 0.322 e. The molecule has 1 atom stereocenters. The highest BCUT2D eigenvalue weighted by atomic mass is 16.1. The molecule has 0 radical (unpaired) electrons. The first-order valence-corrected chi connectivity index (χ1v) is 11.8. The minimum atomic E-state index is -0.220. The third-order valence-corrected chi connectivity index (χ3v) is 7.08. The van der Waals surface area contributed by atoms with Crippen LogP contribution in [0.2, 0.25) is 0 Å².